The first-order chi connectivity index (χ1) is 8.22. The Morgan fingerprint density at radius 3 is 3.24 bits per heavy atom. The van der Waals surface area contributed by atoms with Crippen LogP contribution < -0.4 is 10.6 Å². The van der Waals surface area contributed by atoms with Gasteiger partial charge in [-0.1, -0.05) is 6.07 Å². The fourth-order valence-electron chi connectivity index (χ4n) is 1.95. The molecule has 0 radical (unpaired) electrons. The fourth-order valence-corrected chi connectivity index (χ4v) is 1.95. The lowest BCUT2D eigenvalue weighted by molar-refractivity contribution is 0.0760. The zero-order valence-corrected chi connectivity index (χ0v) is 9.84. The molecule has 1 saturated heterocycles. The standard InChI is InChI=1S/C12H16N4O/c1-9(14)11-3-2-4-15-12(11)16-5-6-17-10(7-13)8-16/h2-4,9-10H,5-6,8,14H2,1H3. The van der Waals surface area contributed by atoms with Crippen LogP contribution in [0, 0.1) is 11.3 Å². The molecule has 1 aliphatic rings. The third-order valence-electron chi connectivity index (χ3n) is 2.82. The first-order valence-corrected chi connectivity index (χ1v) is 5.69. The minimum atomic E-state index is -0.383. The maximum Gasteiger partial charge on any atom is 0.161 e. The van der Waals surface area contributed by atoms with Crippen LogP contribution in [0.25, 0.3) is 0 Å². The highest BCUT2D eigenvalue weighted by atomic mass is 16.5. The molecular formula is C12H16N4O. The molecule has 2 heterocycles. The van der Waals surface area contributed by atoms with Gasteiger partial charge in [-0.3, -0.25) is 0 Å². The summed E-state index contributed by atoms with van der Waals surface area (Å²) in [7, 11) is 0. The van der Waals surface area contributed by atoms with Crippen molar-refractivity contribution in [2.75, 3.05) is 24.6 Å². The van der Waals surface area contributed by atoms with Gasteiger partial charge in [0.25, 0.3) is 0 Å². The Kier molecular flexibility index (Phi) is 3.57. The van der Waals surface area contributed by atoms with Gasteiger partial charge in [0.15, 0.2) is 6.10 Å². The van der Waals surface area contributed by atoms with Crippen LogP contribution in [-0.4, -0.2) is 30.8 Å². The second-order valence-electron chi connectivity index (χ2n) is 4.14. The lowest BCUT2D eigenvalue weighted by atomic mass is 10.1. The maximum absolute atomic E-state index is 8.89. The first-order valence-electron chi connectivity index (χ1n) is 5.69. The van der Waals surface area contributed by atoms with Crippen molar-refractivity contribution in [3.63, 3.8) is 0 Å². The number of nitrogens with zero attached hydrogens (tertiary/aromatic N) is 3. The Labute approximate surface area is 101 Å². The van der Waals surface area contributed by atoms with E-state index in [1.54, 1.807) is 6.20 Å². The van der Waals surface area contributed by atoms with E-state index in [1.165, 1.54) is 0 Å². The largest absolute Gasteiger partial charge is 0.360 e. The summed E-state index contributed by atoms with van der Waals surface area (Å²) >= 11 is 0. The highest BCUT2D eigenvalue weighted by molar-refractivity contribution is 5.48. The van der Waals surface area contributed by atoms with Crippen LogP contribution in [0.15, 0.2) is 18.3 Å². The SMILES string of the molecule is CC(N)c1cccnc1N1CCOC(C#N)C1. The fraction of sp³-hybridized carbons (Fsp3) is 0.500. The van der Waals surface area contributed by atoms with Crippen molar-refractivity contribution in [2.45, 2.75) is 19.1 Å². The molecule has 1 aromatic rings. The van der Waals surface area contributed by atoms with Crippen molar-refractivity contribution in [2.24, 2.45) is 5.73 Å². The van der Waals surface area contributed by atoms with E-state index in [0.717, 1.165) is 17.9 Å². The van der Waals surface area contributed by atoms with E-state index in [2.05, 4.69) is 16.0 Å². The Balaban J connectivity index is 2.25. The summed E-state index contributed by atoms with van der Waals surface area (Å²) in [6.07, 6.45) is 1.37. The summed E-state index contributed by atoms with van der Waals surface area (Å²) < 4.78 is 5.32. The number of anilines is 1. The molecule has 0 saturated carbocycles. The van der Waals surface area contributed by atoms with Crippen LogP contribution in [0.1, 0.15) is 18.5 Å². The van der Waals surface area contributed by atoms with Crippen LogP contribution in [0.2, 0.25) is 0 Å². The van der Waals surface area contributed by atoms with Crippen LogP contribution in [0.5, 0.6) is 0 Å². The molecule has 1 aliphatic heterocycles. The normalized spacial score (nSPS) is 21.9. The van der Waals surface area contributed by atoms with Gasteiger partial charge in [0.1, 0.15) is 5.82 Å². The molecule has 2 N–H and O–H groups in total. The number of morpholine rings is 1. The predicted molar refractivity (Wildman–Crippen MR) is 64.4 cm³/mol. The highest BCUT2D eigenvalue weighted by Crippen LogP contribution is 2.23. The van der Waals surface area contributed by atoms with E-state index < -0.39 is 0 Å². The minimum absolute atomic E-state index is 0.0675. The molecule has 2 atom stereocenters. The number of rotatable bonds is 2. The van der Waals surface area contributed by atoms with Gasteiger partial charge in [-0.05, 0) is 13.0 Å². The molecule has 2 unspecified atom stereocenters. The lowest BCUT2D eigenvalue weighted by Gasteiger charge is -2.32. The average molecular weight is 232 g/mol. The van der Waals surface area contributed by atoms with E-state index in [4.69, 9.17) is 15.7 Å². The predicted octanol–water partition coefficient (Wildman–Crippen LogP) is 0.830. The van der Waals surface area contributed by atoms with Crippen LogP contribution >= 0.6 is 0 Å². The van der Waals surface area contributed by atoms with Crippen LogP contribution in [-0.2, 0) is 4.74 Å². The summed E-state index contributed by atoms with van der Waals surface area (Å²) in [6.45, 7) is 3.78. The number of pyridine rings is 1. The monoisotopic (exact) mass is 232 g/mol. The van der Waals surface area contributed by atoms with Crippen LogP contribution in [0.4, 0.5) is 5.82 Å². The van der Waals surface area contributed by atoms with E-state index in [0.29, 0.717) is 13.2 Å². The lowest BCUT2D eigenvalue weighted by Crippen LogP contribution is -2.42. The summed E-state index contributed by atoms with van der Waals surface area (Å²) in [4.78, 5) is 6.44. The molecule has 0 bridgehead atoms. The Morgan fingerprint density at radius 2 is 2.53 bits per heavy atom. The second kappa shape index (κ2) is 5.13. The molecule has 0 aromatic carbocycles. The quantitative estimate of drug-likeness (QED) is 0.817. The van der Waals surface area contributed by atoms with Crippen molar-refractivity contribution in [3.8, 4) is 6.07 Å². The molecule has 0 amide bonds. The number of hydrogen-bond donors (Lipinski definition) is 1. The zero-order chi connectivity index (χ0) is 12.3. The molecule has 5 heteroatoms. The van der Waals surface area contributed by atoms with Crippen molar-refractivity contribution >= 4 is 5.82 Å². The van der Waals surface area contributed by atoms with Gasteiger partial charge < -0.3 is 15.4 Å². The Hall–Kier alpha value is -1.64. The summed E-state index contributed by atoms with van der Waals surface area (Å²) in [6, 6.07) is 5.92. The molecule has 0 aliphatic carbocycles. The molecular weight excluding hydrogens is 216 g/mol. The second-order valence-corrected chi connectivity index (χ2v) is 4.14. The minimum Gasteiger partial charge on any atom is -0.360 e. The van der Waals surface area contributed by atoms with Crippen molar-refractivity contribution in [1.82, 2.24) is 4.98 Å². The van der Waals surface area contributed by atoms with Crippen LogP contribution in [0.3, 0.4) is 0 Å². The average Bonchev–Trinajstić information content (AvgIpc) is 2.39. The third kappa shape index (κ3) is 2.54. The molecule has 5 nitrogen and oxygen atoms in total. The molecule has 1 fully saturated rings. The zero-order valence-electron chi connectivity index (χ0n) is 9.84. The van der Waals surface area contributed by atoms with Crippen molar-refractivity contribution in [1.29, 1.82) is 5.26 Å². The van der Waals surface area contributed by atoms with E-state index in [-0.39, 0.29) is 12.1 Å². The van der Waals surface area contributed by atoms with Gasteiger partial charge in [-0.2, -0.15) is 5.26 Å². The van der Waals surface area contributed by atoms with Crippen molar-refractivity contribution in [3.05, 3.63) is 23.9 Å². The van der Waals surface area contributed by atoms with Gasteiger partial charge >= 0.3 is 0 Å². The maximum atomic E-state index is 8.89. The summed E-state index contributed by atoms with van der Waals surface area (Å²) in [5.74, 6) is 0.867. The number of aromatic nitrogens is 1. The molecule has 1 aromatic heterocycles. The van der Waals surface area contributed by atoms with Gasteiger partial charge in [-0.25, -0.2) is 4.98 Å². The summed E-state index contributed by atoms with van der Waals surface area (Å²) in [5, 5.41) is 8.89. The molecule has 0 spiro atoms. The van der Waals surface area contributed by atoms with Gasteiger partial charge in [0.2, 0.25) is 0 Å². The Bertz CT molecular complexity index is 427. The highest BCUT2D eigenvalue weighted by Gasteiger charge is 2.23. The number of hydrogen-bond acceptors (Lipinski definition) is 5. The molecule has 90 valence electrons. The van der Waals surface area contributed by atoms with Gasteiger partial charge in [0, 0.05) is 24.3 Å². The molecule has 2 rings (SSSR count). The summed E-state index contributed by atoms with van der Waals surface area (Å²) in [5.41, 5.74) is 6.93. The first kappa shape index (κ1) is 11.8. The van der Waals surface area contributed by atoms with E-state index in [1.807, 2.05) is 19.1 Å². The third-order valence-corrected chi connectivity index (χ3v) is 2.82. The van der Waals surface area contributed by atoms with Gasteiger partial charge in [0.05, 0.1) is 19.2 Å². The number of nitrogens with two attached hydrogens (primary N) is 1. The number of nitriles is 1. The topological polar surface area (TPSA) is 75.2 Å². The molecule has 17 heavy (non-hydrogen) atoms. The Morgan fingerprint density at radius 1 is 1.71 bits per heavy atom. The van der Waals surface area contributed by atoms with E-state index in [9.17, 15) is 0 Å². The van der Waals surface area contributed by atoms with Crippen molar-refractivity contribution < 1.29 is 4.74 Å². The smallest absolute Gasteiger partial charge is 0.161 e. The number of ether oxygens (including phenoxy) is 1. The van der Waals surface area contributed by atoms with E-state index >= 15 is 0 Å². The van der Waals surface area contributed by atoms with Gasteiger partial charge in [-0.15, -0.1) is 0 Å².